The van der Waals surface area contributed by atoms with Crippen molar-refractivity contribution in [3.8, 4) is 0 Å². The Bertz CT molecular complexity index is 590. The SMILES string of the molecule is CCC1=CC(Cl)CCC=C1C(=O)c1ncc(N)cc1C. The van der Waals surface area contributed by atoms with E-state index in [0.717, 1.165) is 36.0 Å². The van der Waals surface area contributed by atoms with Gasteiger partial charge in [-0.25, -0.2) is 0 Å². The van der Waals surface area contributed by atoms with E-state index in [2.05, 4.69) is 4.98 Å². The minimum absolute atomic E-state index is 0.00743. The van der Waals surface area contributed by atoms with Gasteiger partial charge in [0, 0.05) is 5.57 Å². The number of aryl methyl sites for hydroxylation is 1. The fourth-order valence-electron chi connectivity index (χ4n) is 2.42. The van der Waals surface area contributed by atoms with Gasteiger partial charge >= 0.3 is 0 Å². The molecule has 1 unspecified atom stereocenters. The zero-order valence-corrected chi connectivity index (χ0v) is 12.6. The lowest BCUT2D eigenvalue weighted by Crippen LogP contribution is -2.10. The summed E-state index contributed by atoms with van der Waals surface area (Å²) >= 11 is 6.21. The van der Waals surface area contributed by atoms with Gasteiger partial charge in [0.1, 0.15) is 5.69 Å². The Kier molecular flexibility index (Phi) is 4.61. The number of alkyl halides is 1. The number of anilines is 1. The summed E-state index contributed by atoms with van der Waals surface area (Å²) in [5, 5.41) is -0.00743. The van der Waals surface area contributed by atoms with Crippen LogP contribution in [0.4, 0.5) is 5.69 Å². The summed E-state index contributed by atoms with van der Waals surface area (Å²) in [6.07, 6.45) is 7.95. The second-order valence-corrected chi connectivity index (χ2v) is 5.58. The van der Waals surface area contributed by atoms with Crippen LogP contribution in [0.1, 0.15) is 42.2 Å². The van der Waals surface area contributed by atoms with Gasteiger partial charge in [0.25, 0.3) is 0 Å². The molecule has 0 aromatic carbocycles. The number of hydrogen-bond donors (Lipinski definition) is 1. The van der Waals surface area contributed by atoms with Gasteiger partial charge in [0.2, 0.25) is 5.78 Å². The van der Waals surface area contributed by atoms with Crippen molar-refractivity contribution in [2.75, 3.05) is 5.73 Å². The molecule has 1 atom stereocenters. The molecule has 1 heterocycles. The van der Waals surface area contributed by atoms with Crippen LogP contribution < -0.4 is 5.73 Å². The summed E-state index contributed by atoms with van der Waals surface area (Å²) in [7, 11) is 0. The predicted octanol–water partition coefficient (Wildman–Crippen LogP) is 3.82. The highest BCUT2D eigenvalue weighted by Crippen LogP contribution is 2.27. The van der Waals surface area contributed by atoms with Gasteiger partial charge in [-0.3, -0.25) is 9.78 Å². The van der Waals surface area contributed by atoms with Crippen LogP contribution in [-0.2, 0) is 0 Å². The van der Waals surface area contributed by atoms with Crippen LogP contribution in [0.25, 0.3) is 0 Å². The molecule has 0 spiro atoms. The highest BCUT2D eigenvalue weighted by Gasteiger charge is 2.21. The lowest BCUT2D eigenvalue weighted by Gasteiger charge is -2.10. The zero-order valence-electron chi connectivity index (χ0n) is 11.8. The second kappa shape index (κ2) is 6.23. The Labute approximate surface area is 124 Å². The molecule has 0 bridgehead atoms. The van der Waals surface area contributed by atoms with Crippen molar-refractivity contribution in [1.82, 2.24) is 4.98 Å². The Hall–Kier alpha value is -1.61. The van der Waals surface area contributed by atoms with Crippen LogP contribution in [0, 0.1) is 6.92 Å². The van der Waals surface area contributed by atoms with Gasteiger partial charge < -0.3 is 5.73 Å². The van der Waals surface area contributed by atoms with Crippen LogP contribution in [0.2, 0.25) is 0 Å². The standard InChI is InChI=1S/C16H19ClN2O/c1-3-11-8-12(17)5-4-6-14(11)16(20)15-10(2)7-13(18)9-19-15/h6-9,12H,3-5,18H2,1-2H3. The van der Waals surface area contributed by atoms with Gasteiger partial charge in [-0.15, -0.1) is 11.6 Å². The number of carbonyl (C=O) groups is 1. The zero-order chi connectivity index (χ0) is 14.7. The lowest BCUT2D eigenvalue weighted by molar-refractivity contribution is 0.103. The number of nitrogen functional groups attached to an aromatic ring is 1. The molecular formula is C16H19ClN2O. The molecule has 106 valence electrons. The fraction of sp³-hybridized carbons (Fsp3) is 0.375. The molecule has 0 saturated heterocycles. The van der Waals surface area contributed by atoms with Gasteiger partial charge in [0.15, 0.2) is 0 Å². The number of Topliss-reactive ketones (excluding diaryl/α,β-unsaturated/α-hetero) is 1. The molecule has 1 aliphatic rings. The molecule has 1 aliphatic carbocycles. The van der Waals surface area contributed by atoms with Crippen molar-refractivity contribution in [3.63, 3.8) is 0 Å². The smallest absolute Gasteiger partial charge is 0.211 e. The molecule has 2 N–H and O–H groups in total. The van der Waals surface area contributed by atoms with E-state index in [1.807, 2.05) is 26.0 Å². The molecule has 3 nitrogen and oxygen atoms in total. The average molecular weight is 291 g/mol. The summed E-state index contributed by atoms with van der Waals surface area (Å²) in [6, 6.07) is 1.77. The van der Waals surface area contributed by atoms with Crippen molar-refractivity contribution in [1.29, 1.82) is 0 Å². The first-order valence-electron chi connectivity index (χ1n) is 6.85. The molecule has 0 amide bonds. The molecule has 0 fully saturated rings. The maximum absolute atomic E-state index is 12.7. The van der Waals surface area contributed by atoms with Crippen molar-refractivity contribution >= 4 is 23.1 Å². The fourth-order valence-corrected chi connectivity index (χ4v) is 2.70. The Morgan fingerprint density at radius 3 is 2.95 bits per heavy atom. The topological polar surface area (TPSA) is 56.0 Å². The first kappa shape index (κ1) is 14.8. The summed E-state index contributed by atoms with van der Waals surface area (Å²) < 4.78 is 0. The number of ketones is 1. The largest absolute Gasteiger partial charge is 0.397 e. The predicted molar refractivity (Wildman–Crippen MR) is 83.0 cm³/mol. The van der Waals surface area contributed by atoms with Crippen molar-refractivity contribution in [3.05, 3.63) is 46.8 Å². The number of nitrogens with two attached hydrogens (primary N) is 1. The number of hydrogen-bond acceptors (Lipinski definition) is 3. The van der Waals surface area contributed by atoms with E-state index in [0.29, 0.717) is 11.4 Å². The number of carbonyl (C=O) groups excluding carboxylic acids is 1. The molecule has 0 aliphatic heterocycles. The average Bonchev–Trinajstić information content (AvgIpc) is 2.59. The van der Waals surface area contributed by atoms with Gasteiger partial charge in [-0.2, -0.15) is 0 Å². The van der Waals surface area contributed by atoms with Gasteiger partial charge in [-0.1, -0.05) is 19.1 Å². The van der Waals surface area contributed by atoms with Crippen LogP contribution in [0.3, 0.4) is 0 Å². The monoisotopic (exact) mass is 290 g/mol. The molecule has 0 radical (unpaired) electrons. The third-order valence-corrected chi connectivity index (χ3v) is 3.80. The van der Waals surface area contributed by atoms with Crippen LogP contribution in [0.15, 0.2) is 35.6 Å². The van der Waals surface area contributed by atoms with Crippen LogP contribution in [0.5, 0.6) is 0 Å². The van der Waals surface area contributed by atoms with Crippen molar-refractivity contribution in [2.24, 2.45) is 0 Å². The Balaban J connectivity index is 2.40. The minimum Gasteiger partial charge on any atom is -0.397 e. The molecule has 4 heteroatoms. The quantitative estimate of drug-likeness (QED) is 0.680. The molecular weight excluding hydrogens is 272 g/mol. The van der Waals surface area contributed by atoms with Gasteiger partial charge in [0.05, 0.1) is 17.3 Å². The number of aromatic nitrogens is 1. The van der Waals surface area contributed by atoms with E-state index < -0.39 is 0 Å². The summed E-state index contributed by atoms with van der Waals surface area (Å²) in [5.41, 5.74) is 9.27. The maximum atomic E-state index is 12.7. The molecule has 0 saturated carbocycles. The van der Waals surface area contributed by atoms with E-state index in [-0.39, 0.29) is 11.2 Å². The van der Waals surface area contributed by atoms with E-state index in [1.54, 1.807) is 6.07 Å². The summed E-state index contributed by atoms with van der Waals surface area (Å²) in [4.78, 5) is 16.9. The first-order valence-corrected chi connectivity index (χ1v) is 7.28. The van der Waals surface area contributed by atoms with E-state index in [1.165, 1.54) is 6.20 Å². The highest BCUT2D eigenvalue weighted by atomic mass is 35.5. The highest BCUT2D eigenvalue weighted by molar-refractivity contribution is 6.22. The number of halogens is 1. The molecule has 2 rings (SSSR count). The number of pyridine rings is 1. The van der Waals surface area contributed by atoms with E-state index in [9.17, 15) is 4.79 Å². The molecule has 1 aromatic heterocycles. The number of rotatable bonds is 3. The maximum Gasteiger partial charge on any atom is 0.211 e. The number of allylic oxidation sites excluding steroid dienone is 4. The molecule has 20 heavy (non-hydrogen) atoms. The Morgan fingerprint density at radius 1 is 1.55 bits per heavy atom. The minimum atomic E-state index is -0.0404. The summed E-state index contributed by atoms with van der Waals surface area (Å²) in [6.45, 7) is 3.89. The third kappa shape index (κ3) is 3.10. The summed E-state index contributed by atoms with van der Waals surface area (Å²) in [5.74, 6) is -0.0404. The van der Waals surface area contributed by atoms with E-state index >= 15 is 0 Å². The van der Waals surface area contributed by atoms with Crippen molar-refractivity contribution < 1.29 is 4.79 Å². The first-order chi connectivity index (χ1) is 9.52. The van der Waals surface area contributed by atoms with Crippen molar-refractivity contribution in [2.45, 2.75) is 38.5 Å². The van der Waals surface area contributed by atoms with E-state index in [4.69, 9.17) is 17.3 Å². The Morgan fingerprint density at radius 2 is 2.30 bits per heavy atom. The molecule has 1 aromatic rings. The third-order valence-electron chi connectivity index (χ3n) is 3.46. The van der Waals surface area contributed by atoms with Crippen LogP contribution in [-0.4, -0.2) is 16.1 Å². The van der Waals surface area contributed by atoms with Crippen LogP contribution >= 0.6 is 11.6 Å². The normalized spacial score (nSPS) is 19.1. The number of nitrogens with zero attached hydrogens (tertiary/aromatic N) is 1. The van der Waals surface area contributed by atoms with Gasteiger partial charge in [-0.05, 0) is 43.4 Å². The second-order valence-electron chi connectivity index (χ2n) is 5.02. The lowest BCUT2D eigenvalue weighted by atomic mass is 9.95.